The largest absolute Gasteiger partial charge is 0.423 e. The van der Waals surface area contributed by atoms with E-state index in [0.717, 1.165) is 16.7 Å². The van der Waals surface area contributed by atoms with Crippen molar-refractivity contribution in [3.05, 3.63) is 35.0 Å². The van der Waals surface area contributed by atoms with Gasteiger partial charge in [0.15, 0.2) is 11.4 Å². The predicted molar refractivity (Wildman–Crippen MR) is 79.3 cm³/mol. The second-order valence-electron chi connectivity index (χ2n) is 5.39. The zero-order chi connectivity index (χ0) is 15.1. The maximum atomic E-state index is 5.89. The topological polar surface area (TPSA) is 68.2 Å². The molecule has 21 heavy (non-hydrogen) atoms. The maximum absolute atomic E-state index is 5.89. The van der Waals surface area contributed by atoms with Crippen molar-refractivity contribution in [2.24, 2.45) is 0 Å². The Morgan fingerprint density at radius 3 is 2.57 bits per heavy atom. The zero-order valence-corrected chi connectivity index (χ0v) is 12.8. The standard InChI is InChI=1S/C15H18N4O2/c1-8-6-9(2)13-12(7-8)17-15(20-13)19(5)10(3)14-16-11(4)18-21-14/h6-7,10H,1-5H3. The van der Waals surface area contributed by atoms with E-state index in [4.69, 9.17) is 8.94 Å². The highest BCUT2D eigenvalue weighted by atomic mass is 16.5. The van der Waals surface area contributed by atoms with Gasteiger partial charge < -0.3 is 13.8 Å². The maximum Gasteiger partial charge on any atom is 0.298 e. The first-order chi connectivity index (χ1) is 9.95. The van der Waals surface area contributed by atoms with Gasteiger partial charge in [-0.15, -0.1) is 0 Å². The van der Waals surface area contributed by atoms with Crippen LogP contribution in [0.4, 0.5) is 6.01 Å². The van der Waals surface area contributed by atoms with Crippen molar-refractivity contribution < 1.29 is 8.94 Å². The molecule has 3 rings (SSSR count). The molecule has 0 aliphatic heterocycles. The fourth-order valence-corrected chi connectivity index (χ4v) is 2.33. The molecule has 0 spiro atoms. The molecule has 2 heterocycles. The Kier molecular flexibility index (Phi) is 3.16. The van der Waals surface area contributed by atoms with Crippen molar-refractivity contribution >= 4 is 17.1 Å². The number of hydrogen-bond donors (Lipinski definition) is 0. The number of fused-ring (bicyclic) bond motifs is 1. The highest BCUT2D eigenvalue weighted by molar-refractivity contribution is 5.78. The molecular formula is C15H18N4O2. The minimum Gasteiger partial charge on any atom is -0.423 e. The Balaban J connectivity index is 1.98. The van der Waals surface area contributed by atoms with Crippen LogP contribution in [0.5, 0.6) is 0 Å². The Morgan fingerprint density at radius 2 is 1.90 bits per heavy atom. The Bertz CT molecular complexity index is 790. The first-order valence-corrected chi connectivity index (χ1v) is 6.86. The SMILES string of the molecule is Cc1cc(C)c2oc(N(C)C(C)c3nc(C)no3)nc2c1. The normalized spacial score (nSPS) is 12.8. The van der Waals surface area contributed by atoms with Crippen LogP contribution >= 0.6 is 0 Å². The van der Waals surface area contributed by atoms with Gasteiger partial charge in [-0.05, 0) is 44.9 Å². The molecule has 0 saturated carbocycles. The van der Waals surface area contributed by atoms with E-state index >= 15 is 0 Å². The lowest BCUT2D eigenvalue weighted by Crippen LogP contribution is -2.22. The van der Waals surface area contributed by atoms with Gasteiger partial charge in [-0.25, -0.2) is 0 Å². The Hall–Kier alpha value is -2.37. The van der Waals surface area contributed by atoms with Gasteiger partial charge in [0.05, 0.1) is 0 Å². The van der Waals surface area contributed by atoms with Crippen molar-refractivity contribution in [1.82, 2.24) is 15.1 Å². The average Bonchev–Trinajstić information content (AvgIpc) is 3.03. The number of hydrogen-bond acceptors (Lipinski definition) is 6. The van der Waals surface area contributed by atoms with Gasteiger partial charge in [-0.2, -0.15) is 9.97 Å². The lowest BCUT2D eigenvalue weighted by Gasteiger charge is -2.19. The van der Waals surface area contributed by atoms with Crippen molar-refractivity contribution in [2.45, 2.75) is 33.7 Å². The first kappa shape index (κ1) is 13.6. The van der Waals surface area contributed by atoms with Crippen molar-refractivity contribution in [3.8, 4) is 0 Å². The van der Waals surface area contributed by atoms with Crippen LogP contribution in [0.25, 0.3) is 11.1 Å². The van der Waals surface area contributed by atoms with E-state index < -0.39 is 0 Å². The molecule has 6 nitrogen and oxygen atoms in total. The summed E-state index contributed by atoms with van der Waals surface area (Å²) in [6, 6.07) is 4.54. The number of benzene rings is 1. The molecule has 1 unspecified atom stereocenters. The summed E-state index contributed by atoms with van der Waals surface area (Å²) in [7, 11) is 1.90. The minimum absolute atomic E-state index is 0.110. The van der Waals surface area contributed by atoms with Gasteiger partial charge >= 0.3 is 0 Å². The molecule has 1 atom stereocenters. The summed E-state index contributed by atoms with van der Waals surface area (Å²) in [5.74, 6) is 1.17. The Labute approximate surface area is 122 Å². The molecule has 0 saturated heterocycles. The second-order valence-corrected chi connectivity index (χ2v) is 5.39. The van der Waals surface area contributed by atoms with Gasteiger partial charge in [0, 0.05) is 7.05 Å². The Morgan fingerprint density at radius 1 is 1.14 bits per heavy atom. The van der Waals surface area contributed by atoms with Crippen molar-refractivity contribution in [3.63, 3.8) is 0 Å². The van der Waals surface area contributed by atoms with Gasteiger partial charge in [0.2, 0.25) is 5.89 Å². The third-order valence-corrected chi connectivity index (χ3v) is 3.59. The van der Waals surface area contributed by atoms with Crippen molar-refractivity contribution in [2.75, 3.05) is 11.9 Å². The molecule has 0 radical (unpaired) electrons. The van der Waals surface area contributed by atoms with E-state index in [9.17, 15) is 0 Å². The van der Waals surface area contributed by atoms with E-state index in [2.05, 4.69) is 21.2 Å². The highest BCUT2D eigenvalue weighted by Gasteiger charge is 2.22. The van der Waals surface area contributed by atoms with Crippen LogP contribution in [0.3, 0.4) is 0 Å². The van der Waals surface area contributed by atoms with Crippen LogP contribution < -0.4 is 4.90 Å². The molecule has 0 amide bonds. The molecule has 0 fully saturated rings. The number of anilines is 1. The van der Waals surface area contributed by atoms with E-state index in [1.54, 1.807) is 6.92 Å². The molecule has 0 aliphatic rings. The molecule has 0 aliphatic carbocycles. The number of rotatable bonds is 3. The van der Waals surface area contributed by atoms with Gasteiger partial charge in [-0.1, -0.05) is 11.2 Å². The third kappa shape index (κ3) is 2.37. The zero-order valence-electron chi connectivity index (χ0n) is 12.8. The third-order valence-electron chi connectivity index (χ3n) is 3.59. The number of aromatic nitrogens is 3. The molecule has 1 aromatic carbocycles. The van der Waals surface area contributed by atoms with E-state index in [1.807, 2.05) is 38.8 Å². The fraction of sp³-hybridized carbons (Fsp3) is 0.400. The van der Waals surface area contributed by atoms with Crippen LogP contribution in [0.1, 0.15) is 35.8 Å². The molecule has 2 aromatic heterocycles. The van der Waals surface area contributed by atoms with Gasteiger partial charge in [0.25, 0.3) is 6.01 Å². The van der Waals surface area contributed by atoms with Crippen LogP contribution in [-0.2, 0) is 0 Å². The molecule has 0 bridgehead atoms. The van der Waals surface area contributed by atoms with Gasteiger partial charge in [0.1, 0.15) is 11.6 Å². The predicted octanol–water partition coefficient (Wildman–Crippen LogP) is 3.33. The lowest BCUT2D eigenvalue weighted by molar-refractivity contribution is 0.351. The summed E-state index contributed by atoms with van der Waals surface area (Å²) < 4.78 is 11.1. The molecule has 110 valence electrons. The summed E-state index contributed by atoms with van der Waals surface area (Å²) in [4.78, 5) is 10.7. The molecular weight excluding hydrogens is 268 g/mol. The summed E-state index contributed by atoms with van der Waals surface area (Å²) in [6.45, 7) is 7.84. The first-order valence-electron chi connectivity index (χ1n) is 6.86. The van der Waals surface area contributed by atoms with E-state index in [0.29, 0.717) is 17.7 Å². The minimum atomic E-state index is -0.110. The van der Waals surface area contributed by atoms with Crippen LogP contribution in [0, 0.1) is 20.8 Å². The summed E-state index contributed by atoms with van der Waals surface area (Å²) >= 11 is 0. The summed E-state index contributed by atoms with van der Waals surface area (Å²) in [5.41, 5.74) is 3.93. The van der Waals surface area contributed by atoms with Gasteiger partial charge in [-0.3, -0.25) is 0 Å². The fourth-order valence-electron chi connectivity index (χ4n) is 2.33. The smallest absolute Gasteiger partial charge is 0.298 e. The number of aryl methyl sites for hydroxylation is 3. The summed E-state index contributed by atoms with van der Waals surface area (Å²) in [6.07, 6.45) is 0. The number of nitrogens with zero attached hydrogens (tertiary/aromatic N) is 4. The highest BCUT2D eigenvalue weighted by Crippen LogP contribution is 2.29. The van der Waals surface area contributed by atoms with E-state index in [1.165, 1.54) is 5.56 Å². The molecule has 0 N–H and O–H groups in total. The molecule has 3 aromatic rings. The lowest BCUT2D eigenvalue weighted by atomic mass is 10.1. The monoisotopic (exact) mass is 286 g/mol. The van der Waals surface area contributed by atoms with Crippen LogP contribution in [-0.4, -0.2) is 22.2 Å². The molecule has 6 heteroatoms. The van der Waals surface area contributed by atoms with Crippen LogP contribution in [0.2, 0.25) is 0 Å². The second kappa shape index (κ2) is 4.87. The number of oxazole rings is 1. The summed E-state index contributed by atoms with van der Waals surface area (Å²) in [5, 5.41) is 3.82. The van der Waals surface area contributed by atoms with Crippen LogP contribution in [0.15, 0.2) is 21.1 Å². The average molecular weight is 286 g/mol. The van der Waals surface area contributed by atoms with E-state index in [-0.39, 0.29) is 6.04 Å². The van der Waals surface area contributed by atoms with Crippen molar-refractivity contribution in [1.29, 1.82) is 0 Å². The quantitative estimate of drug-likeness (QED) is 0.735.